The number of thioether (sulfide) groups is 1. The van der Waals surface area contributed by atoms with Gasteiger partial charge in [0.2, 0.25) is 11.8 Å². The predicted molar refractivity (Wildman–Crippen MR) is 66.3 cm³/mol. The minimum atomic E-state index is -0.553. The first-order valence-corrected chi connectivity index (χ1v) is 6.87. The zero-order valence-corrected chi connectivity index (χ0v) is 10.9. The normalized spacial score (nSPS) is 17.7. The summed E-state index contributed by atoms with van der Waals surface area (Å²) in [6.45, 7) is 1.86. The molecule has 1 fully saturated rings. The van der Waals surface area contributed by atoms with Gasteiger partial charge in [-0.25, -0.2) is 0 Å². The van der Waals surface area contributed by atoms with Crippen LogP contribution in [0.4, 0.5) is 0 Å². The molecule has 0 saturated heterocycles. The van der Waals surface area contributed by atoms with E-state index in [1.54, 1.807) is 0 Å². The number of hydrogen-bond donors (Lipinski definition) is 2. The van der Waals surface area contributed by atoms with Gasteiger partial charge in [-0.2, -0.15) is 17.0 Å². The molecule has 1 atom stereocenters. The second-order valence-electron chi connectivity index (χ2n) is 4.42. The van der Waals surface area contributed by atoms with E-state index in [4.69, 9.17) is 5.26 Å². The molecule has 0 aromatic carbocycles. The van der Waals surface area contributed by atoms with E-state index in [0.717, 1.165) is 12.8 Å². The molecule has 0 heterocycles. The Morgan fingerprint density at radius 3 is 2.65 bits per heavy atom. The van der Waals surface area contributed by atoms with Crippen molar-refractivity contribution in [2.75, 3.05) is 18.6 Å². The van der Waals surface area contributed by atoms with Gasteiger partial charge < -0.3 is 10.6 Å². The highest BCUT2D eigenvalue weighted by atomic mass is 32.2. The molecule has 6 heteroatoms. The Kier molecular flexibility index (Phi) is 4.82. The van der Waals surface area contributed by atoms with E-state index in [0.29, 0.717) is 5.75 Å². The lowest BCUT2D eigenvalue weighted by Crippen LogP contribution is -2.50. The Bertz CT molecular complexity index is 347. The minimum Gasteiger partial charge on any atom is -0.343 e. The Morgan fingerprint density at radius 2 is 2.18 bits per heavy atom. The molecular weight excluding hydrogens is 238 g/mol. The van der Waals surface area contributed by atoms with Gasteiger partial charge in [0.05, 0.1) is 6.07 Å². The molecule has 0 bridgehead atoms. The van der Waals surface area contributed by atoms with E-state index in [-0.39, 0.29) is 23.8 Å². The zero-order chi connectivity index (χ0) is 12.9. The molecule has 5 nitrogen and oxygen atoms in total. The second kappa shape index (κ2) is 5.92. The van der Waals surface area contributed by atoms with Crippen molar-refractivity contribution in [2.24, 2.45) is 5.41 Å². The van der Waals surface area contributed by atoms with Crippen molar-refractivity contribution in [3.63, 3.8) is 0 Å². The van der Waals surface area contributed by atoms with Gasteiger partial charge in [-0.05, 0) is 19.1 Å². The number of hydrogen-bond acceptors (Lipinski definition) is 4. The van der Waals surface area contributed by atoms with Gasteiger partial charge in [0, 0.05) is 11.2 Å². The fraction of sp³-hybridized carbons (Fsp3) is 0.727. The Hall–Kier alpha value is -1.22. The molecule has 1 aliphatic carbocycles. The third kappa shape index (κ3) is 3.93. The van der Waals surface area contributed by atoms with Crippen LogP contribution in [0.5, 0.6) is 0 Å². The molecular formula is C11H17N3O2S. The van der Waals surface area contributed by atoms with Crippen LogP contribution in [0, 0.1) is 16.7 Å². The highest BCUT2D eigenvalue weighted by Crippen LogP contribution is 2.45. The van der Waals surface area contributed by atoms with Crippen molar-refractivity contribution < 1.29 is 9.59 Å². The van der Waals surface area contributed by atoms with Crippen LogP contribution < -0.4 is 10.6 Å². The molecule has 0 spiro atoms. The van der Waals surface area contributed by atoms with Gasteiger partial charge in [-0.3, -0.25) is 9.59 Å². The van der Waals surface area contributed by atoms with Gasteiger partial charge in [-0.15, -0.1) is 0 Å². The first kappa shape index (κ1) is 13.8. The molecule has 2 N–H and O–H groups in total. The molecule has 0 radical (unpaired) electrons. The average Bonchev–Trinajstić information content (AvgIpc) is 3.05. The van der Waals surface area contributed by atoms with E-state index >= 15 is 0 Å². The quantitative estimate of drug-likeness (QED) is 0.668. The van der Waals surface area contributed by atoms with Crippen molar-refractivity contribution in [1.29, 1.82) is 5.26 Å². The maximum Gasteiger partial charge on any atom is 0.244 e. The summed E-state index contributed by atoms with van der Waals surface area (Å²) in [6.07, 6.45) is 3.63. The third-order valence-corrected chi connectivity index (χ3v) is 3.51. The third-order valence-electron chi connectivity index (χ3n) is 2.85. The van der Waals surface area contributed by atoms with Gasteiger partial charge in [0.15, 0.2) is 0 Å². The first-order chi connectivity index (χ1) is 8.03. The van der Waals surface area contributed by atoms with Crippen molar-refractivity contribution in [3.05, 3.63) is 0 Å². The van der Waals surface area contributed by atoms with Crippen LogP contribution in [0.15, 0.2) is 0 Å². The smallest absolute Gasteiger partial charge is 0.244 e. The summed E-state index contributed by atoms with van der Waals surface area (Å²) in [5.74, 6) is 0.154. The molecule has 0 aromatic rings. The molecule has 0 aromatic heterocycles. The average molecular weight is 255 g/mol. The van der Waals surface area contributed by atoms with Crippen LogP contribution in [0.3, 0.4) is 0 Å². The Morgan fingerprint density at radius 1 is 1.53 bits per heavy atom. The lowest BCUT2D eigenvalue weighted by atomic mass is 10.1. The predicted octanol–water partition coefficient (Wildman–Crippen LogP) is 0.274. The van der Waals surface area contributed by atoms with Crippen molar-refractivity contribution in [2.45, 2.75) is 25.8 Å². The largest absolute Gasteiger partial charge is 0.343 e. The van der Waals surface area contributed by atoms with Crippen LogP contribution in [0.1, 0.15) is 19.8 Å². The zero-order valence-electron chi connectivity index (χ0n) is 10.1. The van der Waals surface area contributed by atoms with Crippen LogP contribution in [-0.2, 0) is 9.59 Å². The number of amides is 2. The number of carbonyl (C=O) groups is 2. The second-order valence-corrected chi connectivity index (χ2v) is 5.33. The lowest BCUT2D eigenvalue weighted by Gasteiger charge is -2.19. The molecule has 1 unspecified atom stereocenters. The van der Waals surface area contributed by atoms with Crippen LogP contribution in [-0.4, -0.2) is 36.4 Å². The minimum absolute atomic E-state index is 0.0309. The summed E-state index contributed by atoms with van der Waals surface area (Å²) in [7, 11) is 0. The van der Waals surface area contributed by atoms with E-state index in [1.165, 1.54) is 11.8 Å². The summed E-state index contributed by atoms with van der Waals surface area (Å²) < 4.78 is 0. The molecule has 1 saturated carbocycles. The topological polar surface area (TPSA) is 82.0 Å². The van der Waals surface area contributed by atoms with Gasteiger partial charge >= 0.3 is 0 Å². The summed E-state index contributed by atoms with van der Waals surface area (Å²) in [4.78, 5) is 23.5. The van der Waals surface area contributed by atoms with Crippen molar-refractivity contribution in [1.82, 2.24) is 10.6 Å². The van der Waals surface area contributed by atoms with E-state index in [1.807, 2.05) is 19.2 Å². The summed E-state index contributed by atoms with van der Waals surface area (Å²) in [5, 5.41) is 13.6. The molecule has 17 heavy (non-hydrogen) atoms. The highest BCUT2D eigenvalue weighted by molar-refractivity contribution is 7.98. The highest BCUT2D eigenvalue weighted by Gasteiger charge is 2.45. The van der Waals surface area contributed by atoms with E-state index in [2.05, 4.69) is 10.6 Å². The molecule has 1 rings (SSSR count). The lowest BCUT2D eigenvalue weighted by molar-refractivity contribution is -0.131. The number of carbonyl (C=O) groups excluding carboxylic acids is 2. The van der Waals surface area contributed by atoms with Crippen LogP contribution >= 0.6 is 11.8 Å². The number of nitrogens with zero attached hydrogens (tertiary/aromatic N) is 1. The first-order valence-electron chi connectivity index (χ1n) is 5.48. The van der Waals surface area contributed by atoms with Crippen LogP contribution in [0.2, 0.25) is 0 Å². The number of nitriles is 1. The molecule has 0 aliphatic heterocycles. The van der Waals surface area contributed by atoms with E-state index < -0.39 is 6.04 Å². The summed E-state index contributed by atoms with van der Waals surface area (Å²) in [5.41, 5.74) is -0.286. The van der Waals surface area contributed by atoms with Crippen molar-refractivity contribution in [3.8, 4) is 6.07 Å². The number of nitrogens with one attached hydrogen (secondary N) is 2. The van der Waals surface area contributed by atoms with Crippen LogP contribution in [0.25, 0.3) is 0 Å². The number of rotatable bonds is 6. The maximum absolute atomic E-state index is 11.8. The summed E-state index contributed by atoms with van der Waals surface area (Å²) >= 11 is 1.49. The van der Waals surface area contributed by atoms with E-state index in [9.17, 15) is 9.59 Å². The SMILES string of the molecule is CSCC(NC(=O)C1(C)CC1)C(=O)NCC#N. The molecule has 1 aliphatic rings. The fourth-order valence-corrected chi connectivity index (χ4v) is 1.91. The maximum atomic E-state index is 11.8. The summed E-state index contributed by atoms with van der Waals surface area (Å²) in [6, 6.07) is 1.29. The monoisotopic (exact) mass is 255 g/mol. The fourth-order valence-electron chi connectivity index (χ4n) is 1.35. The van der Waals surface area contributed by atoms with Crippen molar-refractivity contribution >= 4 is 23.6 Å². The standard InChI is InChI=1S/C11H17N3O2S/c1-11(3-4-11)10(16)14-8(7-17-2)9(15)13-6-5-12/h8H,3-4,6-7H2,1-2H3,(H,13,15)(H,14,16). The van der Waals surface area contributed by atoms with Gasteiger partial charge in [0.1, 0.15) is 12.6 Å². The molecule has 2 amide bonds. The van der Waals surface area contributed by atoms with Gasteiger partial charge in [-0.1, -0.05) is 6.92 Å². The Balaban J connectivity index is 2.50. The Labute approximate surface area is 105 Å². The van der Waals surface area contributed by atoms with Gasteiger partial charge in [0.25, 0.3) is 0 Å². The molecule has 94 valence electrons.